The van der Waals surface area contributed by atoms with Gasteiger partial charge in [0.2, 0.25) is 5.91 Å². The summed E-state index contributed by atoms with van der Waals surface area (Å²) < 4.78 is 13.3. The van der Waals surface area contributed by atoms with Crippen molar-refractivity contribution in [1.82, 2.24) is 9.47 Å². The van der Waals surface area contributed by atoms with Gasteiger partial charge in [-0.1, -0.05) is 12.1 Å². The summed E-state index contributed by atoms with van der Waals surface area (Å²) in [7, 11) is 0. The van der Waals surface area contributed by atoms with Crippen molar-refractivity contribution in [3.8, 4) is 5.69 Å². The van der Waals surface area contributed by atoms with Gasteiger partial charge < -0.3 is 18.9 Å². The number of hydrogen-bond donors (Lipinski definition) is 0. The normalized spacial score (nSPS) is 19.4. The first-order valence-electron chi connectivity index (χ1n) is 9.03. The van der Waals surface area contributed by atoms with Gasteiger partial charge in [-0.05, 0) is 42.7 Å². The molecule has 0 atom stereocenters. The van der Waals surface area contributed by atoms with Crippen molar-refractivity contribution in [2.75, 3.05) is 26.3 Å². The maximum absolute atomic E-state index is 12.6. The van der Waals surface area contributed by atoms with E-state index in [1.165, 1.54) is 0 Å². The van der Waals surface area contributed by atoms with E-state index in [1.54, 1.807) is 0 Å². The van der Waals surface area contributed by atoms with Gasteiger partial charge in [0.25, 0.3) is 0 Å². The molecule has 5 heteroatoms. The lowest BCUT2D eigenvalue weighted by Crippen LogP contribution is -2.42. The van der Waals surface area contributed by atoms with E-state index in [1.807, 2.05) is 41.6 Å². The van der Waals surface area contributed by atoms with E-state index < -0.39 is 0 Å². The highest BCUT2D eigenvalue weighted by molar-refractivity contribution is 5.78. The van der Waals surface area contributed by atoms with Gasteiger partial charge in [-0.15, -0.1) is 0 Å². The fourth-order valence-electron chi connectivity index (χ4n) is 3.65. The molecule has 0 spiro atoms. The molecule has 2 aliphatic heterocycles. The van der Waals surface area contributed by atoms with Gasteiger partial charge in [-0.2, -0.15) is 0 Å². The Morgan fingerprint density at radius 1 is 1.00 bits per heavy atom. The summed E-state index contributed by atoms with van der Waals surface area (Å²) in [5, 5.41) is 0. The van der Waals surface area contributed by atoms with Crippen molar-refractivity contribution in [3.63, 3.8) is 0 Å². The van der Waals surface area contributed by atoms with Gasteiger partial charge in [0.05, 0.1) is 19.6 Å². The first-order valence-corrected chi connectivity index (χ1v) is 9.03. The predicted octanol–water partition coefficient (Wildman–Crippen LogP) is 2.63. The number of hydrogen-bond acceptors (Lipinski definition) is 3. The number of amides is 1. The van der Waals surface area contributed by atoms with Crippen LogP contribution in [-0.4, -0.2) is 48.0 Å². The van der Waals surface area contributed by atoms with E-state index in [4.69, 9.17) is 9.47 Å². The monoisotopic (exact) mass is 340 g/mol. The third-order valence-corrected chi connectivity index (χ3v) is 5.12. The molecule has 4 rings (SSSR count). The first-order chi connectivity index (χ1) is 12.3. The number of piperidine rings is 1. The second-order valence-corrected chi connectivity index (χ2v) is 6.76. The van der Waals surface area contributed by atoms with E-state index in [0.717, 1.165) is 37.2 Å². The van der Waals surface area contributed by atoms with E-state index in [2.05, 4.69) is 16.7 Å². The molecule has 0 unspecified atom stereocenters. The van der Waals surface area contributed by atoms with Crippen LogP contribution in [0.4, 0.5) is 0 Å². The molecule has 1 aromatic heterocycles. The molecular formula is C20H24N2O3. The van der Waals surface area contributed by atoms with Crippen LogP contribution in [0.2, 0.25) is 0 Å². The number of nitrogens with zero attached hydrogens (tertiary/aromatic N) is 2. The maximum Gasteiger partial charge on any atom is 0.226 e. The van der Waals surface area contributed by atoms with E-state index in [0.29, 0.717) is 25.6 Å². The van der Waals surface area contributed by atoms with E-state index in [-0.39, 0.29) is 12.2 Å². The molecule has 0 bridgehead atoms. The Labute approximate surface area is 148 Å². The van der Waals surface area contributed by atoms with Gasteiger partial charge in [0.1, 0.15) is 0 Å². The fraction of sp³-hybridized carbons (Fsp3) is 0.450. The van der Waals surface area contributed by atoms with Crippen molar-refractivity contribution in [2.24, 2.45) is 5.92 Å². The van der Waals surface area contributed by atoms with Crippen LogP contribution in [0.1, 0.15) is 18.4 Å². The van der Waals surface area contributed by atoms with Gasteiger partial charge >= 0.3 is 0 Å². The van der Waals surface area contributed by atoms with Crippen molar-refractivity contribution < 1.29 is 14.3 Å². The SMILES string of the molecule is O=C(Cc1ccc(-n2cccc2)cc1)N1CCC(C2OCCO2)CC1. The predicted molar refractivity (Wildman–Crippen MR) is 94.5 cm³/mol. The Morgan fingerprint density at radius 2 is 1.64 bits per heavy atom. The standard InChI is InChI=1S/C20H24N2O3/c23-19(22-11-7-17(8-12-22)20-24-13-14-25-20)15-16-3-5-18(6-4-16)21-9-1-2-10-21/h1-6,9-10,17,20H,7-8,11-15H2. The van der Waals surface area contributed by atoms with Crippen LogP contribution in [0.3, 0.4) is 0 Å². The summed E-state index contributed by atoms with van der Waals surface area (Å²) in [4.78, 5) is 14.5. The fourth-order valence-corrected chi connectivity index (χ4v) is 3.65. The Kier molecular flexibility index (Phi) is 4.85. The minimum atomic E-state index is -0.0570. The van der Waals surface area contributed by atoms with Crippen molar-refractivity contribution in [1.29, 1.82) is 0 Å². The van der Waals surface area contributed by atoms with Crippen LogP contribution in [0.25, 0.3) is 5.69 Å². The summed E-state index contributed by atoms with van der Waals surface area (Å²) in [5.74, 6) is 0.632. The molecular weight excluding hydrogens is 316 g/mol. The second-order valence-electron chi connectivity index (χ2n) is 6.76. The summed E-state index contributed by atoms with van der Waals surface area (Å²) in [6, 6.07) is 12.2. The molecule has 2 saturated heterocycles. The summed E-state index contributed by atoms with van der Waals surface area (Å²) in [6.45, 7) is 2.99. The zero-order valence-corrected chi connectivity index (χ0v) is 14.3. The quantitative estimate of drug-likeness (QED) is 0.859. The third-order valence-electron chi connectivity index (χ3n) is 5.12. The molecule has 2 aliphatic rings. The highest BCUT2D eigenvalue weighted by Crippen LogP contribution is 2.26. The van der Waals surface area contributed by atoms with Crippen molar-refractivity contribution in [2.45, 2.75) is 25.6 Å². The first kappa shape index (κ1) is 16.4. The van der Waals surface area contributed by atoms with Gasteiger partial charge in [0.15, 0.2) is 6.29 Å². The lowest BCUT2D eigenvalue weighted by Gasteiger charge is -2.34. The smallest absolute Gasteiger partial charge is 0.226 e. The van der Waals surface area contributed by atoms with Crippen LogP contribution >= 0.6 is 0 Å². The van der Waals surface area contributed by atoms with Gasteiger partial charge in [0, 0.05) is 37.1 Å². The lowest BCUT2D eigenvalue weighted by molar-refractivity contribution is -0.136. The number of rotatable bonds is 4. The van der Waals surface area contributed by atoms with Crippen LogP contribution in [0, 0.1) is 5.92 Å². The summed E-state index contributed by atoms with van der Waals surface area (Å²) in [5.41, 5.74) is 2.17. The topological polar surface area (TPSA) is 43.7 Å². The van der Waals surface area contributed by atoms with Crippen molar-refractivity contribution in [3.05, 3.63) is 54.4 Å². The Morgan fingerprint density at radius 3 is 2.28 bits per heavy atom. The van der Waals surface area contributed by atoms with Crippen LogP contribution in [0.5, 0.6) is 0 Å². The summed E-state index contributed by atoms with van der Waals surface area (Å²) >= 11 is 0. The molecule has 1 amide bonds. The largest absolute Gasteiger partial charge is 0.350 e. The average molecular weight is 340 g/mol. The third kappa shape index (κ3) is 3.78. The Bertz CT molecular complexity index is 682. The number of likely N-dealkylation sites (tertiary alicyclic amines) is 1. The molecule has 1 aromatic carbocycles. The van der Waals surface area contributed by atoms with Gasteiger partial charge in [-0.3, -0.25) is 4.79 Å². The zero-order valence-electron chi connectivity index (χ0n) is 14.3. The Balaban J connectivity index is 1.30. The highest BCUT2D eigenvalue weighted by atomic mass is 16.7. The van der Waals surface area contributed by atoms with Crippen LogP contribution < -0.4 is 0 Å². The highest BCUT2D eigenvalue weighted by Gasteiger charge is 2.31. The number of benzene rings is 1. The maximum atomic E-state index is 12.6. The van der Waals surface area contributed by atoms with Gasteiger partial charge in [-0.25, -0.2) is 0 Å². The molecule has 5 nitrogen and oxygen atoms in total. The molecule has 3 heterocycles. The Hall–Kier alpha value is -2.11. The number of carbonyl (C=O) groups excluding carboxylic acids is 1. The van der Waals surface area contributed by atoms with Crippen LogP contribution in [-0.2, 0) is 20.7 Å². The second kappa shape index (κ2) is 7.42. The minimum absolute atomic E-state index is 0.0570. The number of carbonyl (C=O) groups is 1. The van der Waals surface area contributed by atoms with E-state index >= 15 is 0 Å². The zero-order chi connectivity index (χ0) is 17.1. The molecule has 0 aliphatic carbocycles. The minimum Gasteiger partial charge on any atom is -0.350 e. The number of ether oxygens (including phenoxy) is 2. The molecule has 0 radical (unpaired) electrons. The van der Waals surface area contributed by atoms with Crippen LogP contribution in [0.15, 0.2) is 48.8 Å². The molecule has 2 fully saturated rings. The van der Waals surface area contributed by atoms with Crippen molar-refractivity contribution >= 4 is 5.91 Å². The summed E-state index contributed by atoms with van der Waals surface area (Å²) in [6.07, 6.45) is 6.36. The molecule has 25 heavy (non-hydrogen) atoms. The molecule has 132 valence electrons. The average Bonchev–Trinajstić information content (AvgIpc) is 3.36. The molecule has 0 N–H and O–H groups in total. The molecule has 0 saturated carbocycles. The van der Waals surface area contributed by atoms with E-state index in [9.17, 15) is 4.79 Å². The lowest BCUT2D eigenvalue weighted by atomic mass is 9.95. The number of aromatic nitrogens is 1. The molecule has 2 aromatic rings.